The zero-order valence-electron chi connectivity index (χ0n) is 10.1. The van der Waals surface area contributed by atoms with Crippen molar-refractivity contribution in [2.75, 3.05) is 12.4 Å². The first-order valence-corrected chi connectivity index (χ1v) is 6.27. The average Bonchev–Trinajstić information content (AvgIpc) is 2.43. The number of ether oxygens (including phenoxy) is 1. The maximum Gasteiger partial charge on any atom is 0.339 e. The highest BCUT2D eigenvalue weighted by Gasteiger charge is 2.12. The number of hydrogen-bond acceptors (Lipinski definition) is 3. The fourth-order valence-corrected chi connectivity index (χ4v) is 1.97. The van der Waals surface area contributed by atoms with Gasteiger partial charge in [-0.05, 0) is 24.3 Å². The Morgan fingerprint density at radius 1 is 1.05 bits per heavy atom. The Balaban J connectivity index is 2.39. The molecule has 0 aliphatic rings. The summed E-state index contributed by atoms with van der Waals surface area (Å²) in [5, 5.41) is 3.93. The van der Waals surface area contributed by atoms with Crippen molar-refractivity contribution in [3.63, 3.8) is 0 Å². The lowest BCUT2D eigenvalue weighted by Gasteiger charge is -2.12. The first-order valence-electron chi connectivity index (χ1n) is 5.52. The van der Waals surface area contributed by atoms with Crippen molar-refractivity contribution in [3.8, 4) is 0 Å². The third-order valence-corrected chi connectivity index (χ3v) is 3.37. The van der Waals surface area contributed by atoms with E-state index in [1.54, 1.807) is 36.4 Å². The van der Waals surface area contributed by atoms with Crippen LogP contribution in [-0.4, -0.2) is 13.1 Å². The maximum absolute atomic E-state index is 11.7. The SMILES string of the molecule is COC(=O)c1ccccc1Nc1cccc(Cl)c1Cl. The number of carbonyl (C=O) groups is 1. The fraction of sp³-hybridized carbons (Fsp3) is 0.0714. The van der Waals surface area contributed by atoms with Gasteiger partial charge in [0.2, 0.25) is 0 Å². The van der Waals surface area contributed by atoms with E-state index < -0.39 is 5.97 Å². The quantitative estimate of drug-likeness (QED) is 0.846. The largest absolute Gasteiger partial charge is 0.465 e. The molecule has 0 amide bonds. The van der Waals surface area contributed by atoms with Gasteiger partial charge in [0.25, 0.3) is 0 Å². The Hall–Kier alpha value is -1.71. The van der Waals surface area contributed by atoms with Gasteiger partial charge in [-0.1, -0.05) is 41.4 Å². The number of methoxy groups -OCH3 is 1. The molecule has 3 nitrogen and oxygen atoms in total. The predicted molar refractivity (Wildman–Crippen MR) is 77.5 cm³/mol. The number of rotatable bonds is 3. The van der Waals surface area contributed by atoms with Crippen LogP contribution in [0.25, 0.3) is 0 Å². The third kappa shape index (κ3) is 3.00. The van der Waals surface area contributed by atoms with Gasteiger partial charge in [-0.3, -0.25) is 0 Å². The van der Waals surface area contributed by atoms with Gasteiger partial charge in [-0.2, -0.15) is 0 Å². The van der Waals surface area contributed by atoms with Crippen LogP contribution in [0.3, 0.4) is 0 Å². The van der Waals surface area contributed by atoms with E-state index in [2.05, 4.69) is 5.32 Å². The minimum Gasteiger partial charge on any atom is -0.465 e. The number of benzene rings is 2. The summed E-state index contributed by atoms with van der Waals surface area (Å²) >= 11 is 12.0. The Kier molecular flexibility index (Phi) is 4.30. The van der Waals surface area contributed by atoms with Gasteiger partial charge >= 0.3 is 5.97 Å². The third-order valence-electron chi connectivity index (χ3n) is 2.55. The second kappa shape index (κ2) is 5.95. The zero-order valence-corrected chi connectivity index (χ0v) is 11.6. The van der Waals surface area contributed by atoms with Crippen LogP contribution >= 0.6 is 23.2 Å². The molecule has 0 atom stereocenters. The minimum atomic E-state index is -0.416. The molecule has 0 saturated carbocycles. The highest BCUT2D eigenvalue weighted by molar-refractivity contribution is 6.43. The molecule has 0 radical (unpaired) electrons. The summed E-state index contributed by atoms with van der Waals surface area (Å²) in [5.41, 5.74) is 1.67. The molecule has 1 N–H and O–H groups in total. The smallest absolute Gasteiger partial charge is 0.339 e. The van der Waals surface area contributed by atoms with E-state index in [1.807, 2.05) is 6.07 Å². The summed E-state index contributed by atoms with van der Waals surface area (Å²) in [6, 6.07) is 12.3. The van der Waals surface area contributed by atoms with Crippen molar-refractivity contribution >= 4 is 40.5 Å². The van der Waals surface area contributed by atoms with Crippen LogP contribution in [0.2, 0.25) is 10.0 Å². The van der Waals surface area contributed by atoms with E-state index in [0.717, 1.165) is 0 Å². The summed E-state index contributed by atoms with van der Waals surface area (Å²) in [7, 11) is 1.34. The molecule has 0 unspecified atom stereocenters. The van der Waals surface area contributed by atoms with E-state index in [0.29, 0.717) is 27.0 Å². The Morgan fingerprint density at radius 2 is 1.74 bits per heavy atom. The molecular weight excluding hydrogens is 285 g/mol. The van der Waals surface area contributed by atoms with E-state index in [4.69, 9.17) is 27.9 Å². The lowest BCUT2D eigenvalue weighted by Crippen LogP contribution is -2.05. The molecule has 0 spiro atoms. The molecule has 0 heterocycles. The van der Waals surface area contributed by atoms with Gasteiger partial charge in [0.15, 0.2) is 0 Å². The monoisotopic (exact) mass is 295 g/mol. The van der Waals surface area contributed by atoms with E-state index in [1.165, 1.54) is 7.11 Å². The lowest BCUT2D eigenvalue weighted by molar-refractivity contribution is 0.0602. The molecule has 19 heavy (non-hydrogen) atoms. The number of halogens is 2. The van der Waals surface area contributed by atoms with Gasteiger partial charge < -0.3 is 10.1 Å². The van der Waals surface area contributed by atoms with Crippen molar-refractivity contribution in [2.24, 2.45) is 0 Å². The van der Waals surface area contributed by atoms with Crippen LogP contribution in [-0.2, 0) is 4.74 Å². The average molecular weight is 296 g/mol. The molecule has 0 fully saturated rings. The highest BCUT2D eigenvalue weighted by atomic mass is 35.5. The van der Waals surface area contributed by atoms with E-state index >= 15 is 0 Å². The second-order valence-electron chi connectivity index (χ2n) is 3.76. The first-order chi connectivity index (χ1) is 9.13. The number of para-hydroxylation sites is 1. The number of esters is 1. The summed E-state index contributed by atoms with van der Waals surface area (Å²) in [4.78, 5) is 11.7. The van der Waals surface area contributed by atoms with Gasteiger partial charge in [0.1, 0.15) is 0 Å². The summed E-state index contributed by atoms with van der Waals surface area (Å²) < 4.78 is 4.73. The maximum atomic E-state index is 11.7. The van der Waals surface area contributed by atoms with Gasteiger partial charge in [0, 0.05) is 0 Å². The minimum absolute atomic E-state index is 0.406. The van der Waals surface area contributed by atoms with Gasteiger partial charge in [-0.25, -0.2) is 4.79 Å². The van der Waals surface area contributed by atoms with Crippen LogP contribution in [0.4, 0.5) is 11.4 Å². The Labute approximate surface area is 121 Å². The summed E-state index contributed by atoms with van der Waals surface area (Å²) in [5.74, 6) is -0.416. The predicted octanol–water partition coefficient (Wildman–Crippen LogP) is 4.52. The van der Waals surface area contributed by atoms with E-state index in [-0.39, 0.29) is 0 Å². The van der Waals surface area contributed by atoms with Crippen LogP contribution in [0.1, 0.15) is 10.4 Å². The van der Waals surface area contributed by atoms with Crippen molar-refractivity contribution < 1.29 is 9.53 Å². The number of anilines is 2. The van der Waals surface area contributed by atoms with Crippen LogP contribution in [0.5, 0.6) is 0 Å². The van der Waals surface area contributed by atoms with Crippen molar-refractivity contribution in [3.05, 3.63) is 58.1 Å². The standard InChI is InChI=1S/C14H11Cl2NO2/c1-19-14(18)9-5-2-3-7-11(9)17-12-8-4-6-10(15)13(12)16/h2-8,17H,1H3. The number of nitrogens with one attached hydrogen (secondary N) is 1. The molecule has 0 bridgehead atoms. The number of hydrogen-bond donors (Lipinski definition) is 1. The number of carbonyl (C=O) groups excluding carboxylic acids is 1. The molecule has 2 rings (SSSR count). The molecule has 5 heteroatoms. The fourth-order valence-electron chi connectivity index (χ4n) is 1.63. The Morgan fingerprint density at radius 3 is 2.47 bits per heavy atom. The molecule has 0 aliphatic carbocycles. The molecule has 0 aromatic heterocycles. The molecule has 2 aromatic carbocycles. The summed E-state index contributed by atoms with van der Waals surface area (Å²) in [6.07, 6.45) is 0. The highest BCUT2D eigenvalue weighted by Crippen LogP contribution is 2.32. The van der Waals surface area contributed by atoms with Gasteiger partial charge in [-0.15, -0.1) is 0 Å². The first kappa shape index (κ1) is 13.7. The van der Waals surface area contributed by atoms with Gasteiger partial charge in [0.05, 0.1) is 34.1 Å². The molecular formula is C14H11Cl2NO2. The second-order valence-corrected chi connectivity index (χ2v) is 4.55. The van der Waals surface area contributed by atoms with Crippen molar-refractivity contribution in [1.29, 1.82) is 0 Å². The normalized spacial score (nSPS) is 10.1. The van der Waals surface area contributed by atoms with E-state index in [9.17, 15) is 4.79 Å². The molecule has 0 saturated heterocycles. The zero-order chi connectivity index (χ0) is 13.8. The molecule has 2 aromatic rings. The lowest BCUT2D eigenvalue weighted by atomic mass is 10.1. The van der Waals surface area contributed by atoms with Crippen LogP contribution in [0, 0.1) is 0 Å². The van der Waals surface area contributed by atoms with Crippen molar-refractivity contribution in [1.82, 2.24) is 0 Å². The Bertz CT molecular complexity index is 614. The molecule has 98 valence electrons. The molecule has 0 aliphatic heterocycles. The van der Waals surface area contributed by atoms with Crippen LogP contribution < -0.4 is 5.32 Å². The topological polar surface area (TPSA) is 38.3 Å². The van der Waals surface area contributed by atoms with Crippen LogP contribution in [0.15, 0.2) is 42.5 Å². The summed E-state index contributed by atoms with van der Waals surface area (Å²) in [6.45, 7) is 0. The van der Waals surface area contributed by atoms with Crippen molar-refractivity contribution in [2.45, 2.75) is 0 Å².